The Hall–Kier alpha value is -1.76. The Bertz CT molecular complexity index is 333. The topological polar surface area (TPSA) is 102 Å². The molecule has 90 valence electrons. The maximum absolute atomic E-state index is 11.1. The van der Waals surface area contributed by atoms with E-state index in [0.29, 0.717) is 0 Å². The fourth-order valence-corrected chi connectivity index (χ4v) is 1.20. The number of carbonyl (C=O) groups excluding carboxylic acids is 2. The van der Waals surface area contributed by atoms with Crippen molar-refractivity contribution in [3.8, 4) is 0 Å². The smallest absolute Gasteiger partial charge is 0.378 e. The van der Waals surface area contributed by atoms with Crippen molar-refractivity contribution in [2.45, 2.75) is 19.1 Å². The molecule has 0 aliphatic carbocycles. The number of methoxy groups -OCH3 is 1. The number of hydrogen-bond acceptors (Lipinski definition) is 7. The normalized spacial score (nSPS) is 21.7. The second-order valence-corrected chi connectivity index (χ2v) is 3.11. The van der Waals surface area contributed by atoms with Gasteiger partial charge in [-0.3, -0.25) is 4.79 Å². The van der Waals surface area contributed by atoms with Gasteiger partial charge in [-0.15, -0.1) is 0 Å². The van der Waals surface area contributed by atoms with Gasteiger partial charge >= 0.3 is 11.9 Å². The van der Waals surface area contributed by atoms with Crippen LogP contribution in [0.2, 0.25) is 0 Å². The molecule has 0 saturated heterocycles. The number of aliphatic hydroxyl groups is 2. The van der Waals surface area contributed by atoms with Crippen molar-refractivity contribution in [3.05, 3.63) is 11.5 Å². The van der Waals surface area contributed by atoms with E-state index in [0.717, 1.165) is 0 Å². The van der Waals surface area contributed by atoms with Gasteiger partial charge in [-0.1, -0.05) is 0 Å². The van der Waals surface area contributed by atoms with Crippen LogP contribution in [0.1, 0.15) is 6.92 Å². The van der Waals surface area contributed by atoms with Gasteiger partial charge in [-0.05, 0) is 0 Å². The lowest BCUT2D eigenvalue weighted by Crippen LogP contribution is -2.33. The molecule has 0 spiro atoms. The molecule has 0 fully saturated rings. The minimum Gasteiger partial charge on any atom is -0.505 e. The third-order valence-electron chi connectivity index (χ3n) is 1.93. The van der Waals surface area contributed by atoms with Crippen LogP contribution in [-0.4, -0.2) is 48.1 Å². The molecular weight excluding hydrogens is 220 g/mol. The van der Waals surface area contributed by atoms with E-state index in [1.54, 1.807) is 0 Å². The summed E-state index contributed by atoms with van der Waals surface area (Å²) in [5, 5.41) is 19.0. The van der Waals surface area contributed by atoms with Gasteiger partial charge in [0.05, 0.1) is 7.11 Å². The zero-order valence-electron chi connectivity index (χ0n) is 8.80. The molecule has 0 aromatic rings. The molecular formula is C9H12O7. The highest BCUT2D eigenvalue weighted by Gasteiger charge is 2.40. The molecule has 1 rings (SSSR count). The van der Waals surface area contributed by atoms with Crippen LogP contribution in [0.15, 0.2) is 11.5 Å². The third-order valence-corrected chi connectivity index (χ3v) is 1.93. The number of aliphatic hydroxyl groups excluding tert-OH is 2. The van der Waals surface area contributed by atoms with Crippen molar-refractivity contribution in [1.29, 1.82) is 0 Å². The fourth-order valence-electron chi connectivity index (χ4n) is 1.20. The summed E-state index contributed by atoms with van der Waals surface area (Å²) < 4.78 is 13.7. The maximum Gasteiger partial charge on any atom is 0.378 e. The Morgan fingerprint density at radius 3 is 2.69 bits per heavy atom. The Labute approximate surface area is 91.2 Å². The zero-order valence-corrected chi connectivity index (χ0v) is 8.80. The Kier molecular flexibility index (Phi) is 3.73. The lowest BCUT2D eigenvalue weighted by Gasteiger charge is -2.16. The quantitative estimate of drug-likeness (QED) is 0.615. The van der Waals surface area contributed by atoms with Gasteiger partial charge in [-0.2, -0.15) is 0 Å². The van der Waals surface area contributed by atoms with Gasteiger partial charge < -0.3 is 24.4 Å². The summed E-state index contributed by atoms with van der Waals surface area (Å²) in [6.45, 7) is 0.790. The van der Waals surface area contributed by atoms with Crippen molar-refractivity contribution >= 4 is 11.9 Å². The third kappa shape index (κ3) is 2.43. The molecule has 0 bridgehead atoms. The van der Waals surface area contributed by atoms with E-state index in [9.17, 15) is 19.8 Å². The molecule has 7 heteroatoms. The number of rotatable bonds is 4. The summed E-state index contributed by atoms with van der Waals surface area (Å²) in [6, 6.07) is 0. The number of cyclic esters (lactones) is 1. The monoisotopic (exact) mass is 232 g/mol. The first kappa shape index (κ1) is 12.3. The SMILES string of the molecule is COC1=C(O)[C@@H]([C@@H](O)COC(C)=O)OC1=O. The predicted octanol–water partition coefficient (Wildman–Crippen LogP) is -0.748. The van der Waals surface area contributed by atoms with Crippen LogP contribution in [0.25, 0.3) is 0 Å². The van der Waals surface area contributed by atoms with Gasteiger partial charge in [0.25, 0.3) is 0 Å². The Morgan fingerprint density at radius 2 is 2.25 bits per heavy atom. The lowest BCUT2D eigenvalue weighted by molar-refractivity contribution is -0.153. The van der Waals surface area contributed by atoms with E-state index in [2.05, 4.69) is 14.2 Å². The van der Waals surface area contributed by atoms with E-state index < -0.39 is 29.9 Å². The van der Waals surface area contributed by atoms with Gasteiger partial charge in [0.15, 0.2) is 11.9 Å². The van der Waals surface area contributed by atoms with Crippen LogP contribution in [0.4, 0.5) is 0 Å². The molecule has 1 aliphatic rings. The molecule has 16 heavy (non-hydrogen) atoms. The van der Waals surface area contributed by atoms with Crippen molar-refractivity contribution in [2.24, 2.45) is 0 Å². The molecule has 0 saturated carbocycles. The van der Waals surface area contributed by atoms with Crippen LogP contribution >= 0.6 is 0 Å². The second kappa shape index (κ2) is 4.84. The molecule has 1 aliphatic heterocycles. The highest BCUT2D eigenvalue weighted by Crippen LogP contribution is 2.23. The Morgan fingerprint density at radius 1 is 1.62 bits per heavy atom. The van der Waals surface area contributed by atoms with Gasteiger partial charge in [0.2, 0.25) is 5.76 Å². The molecule has 2 N–H and O–H groups in total. The predicted molar refractivity (Wildman–Crippen MR) is 49.2 cm³/mol. The molecule has 0 aromatic carbocycles. The molecule has 2 atom stereocenters. The molecule has 0 radical (unpaired) electrons. The molecule has 0 amide bonds. The van der Waals surface area contributed by atoms with Crippen LogP contribution < -0.4 is 0 Å². The molecule has 0 aromatic heterocycles. The van der Waals surface area contributed by atoms with Gasteiger partial charge in [-0.25, -0.2) is 4.79 Å². The summed E-state index contributed by atoms with van der Waals surface area (Å²) >= 11 is 0. The largest absolute Gasteiger partial charge is 0.505 e. The fraction of sp³-hybridized carbons (Fsp3) is 0.556. The number of esters is 2. The summed E-state index contributed by atoms with van der Waals surface area (Å²) in [4.78, 5) is 21.6. The van der Waals surface area contributed by atoms with E-state index in [4.69, 9.17) is 0 Å². The van der Waals surface area contributed by atoms with Crippen LogP contribution in [0, 0.1) is 0 Å². The number of ether oxygens (including phenoxy) is 3. The van der Waals surface area contributed by atoms with Crippen LogP contribution in [-0.2, 0) is 23.8 Å². The number of carbonyl (C=O) groups is 2. The van der Waals surface area contributed by atoms with Crippen molar-refractivity contribution in [3.63, 3.8) is 0 Å². The second-order valence-electron chi connectivity index (χ2n) is 3.11. The maximum atomic E-state index is 11.1. The minimum absolute atomic E-state index is 0.355. The van der Waals surface area contributed by atoms with E-state index in [-0.39, 0.29) is 12.4 Å². The van der Waals surface area contributed by atoms with E-state index in [1.807, 2.05) is 0 Å². The molecule has 7 nitrogen and oxygen atoms in total. The summed E-state index contributed by atoms with van der Waals surface area (Å²) in [5.41, 5.74) is 0. The standard InChI is InChI=1S/C9H12O7/c1-4(10)15-3-5(11)7-6(12)8(14-2)9(13)16-7/h5,7,11-12H,3H2,1-2H3/t5-,7+/m0/s1. The number of hydrogen-bond donors (Lipinski definition) is 2. The van der Waals surface area contributed by atoms with Crippen molar-refractivity contribution < 1.29 is 34.0 Å². The minimum atomic E-state index is -1.33. The average Bonchev–Trinajstić information content (AvgIpc) is 2.50. The molecule has 0 unspecified atom stereocenters. The van der Waals surface area contributed by atoms with Crippen molar-refractivity contribution in [2.75, 3.05) is 13.7 Å². The van der Waals surface area contributed by atoms with E-state index in [1.165, 1.54) is 14.0 Å². The van der Waals surface area contributed by atoms with Gasteiger partial charge in [0, 0.05) is 6.92 Å². The first-order valence-corrected chi connectivity index (χ1v) is 4.47. The van der Waals surface area contributed by atoms with Crippen LogP contribution in [0.5, 0.6) is 0 Å². The van der Waals surface area contributed by atoms with Crippen LogP contribution in [0.3, 0.4) is 0 Å². The van der Waals surface area contributed by atoms with Crippen molar-refractivity contribution in [1.82, 2.24) is 0 Å². The summed E-state index contributed by atoms with van der Waals surface area (Å²) in [7, 11) is 1.19. The highest BCUT2D eigenvalue weighted by molar-refractivity contribution is 5.89. The highest BCUT2D eigenvalue weighted by atomic mass is 16.6. The zero-order chi connectivity index (χ0) is 12.3. The lowest BCUT2D eigenvalue weighted by atomic mass is 10.2. The average molecular weight is 232 g/mol. The summed E-state index contributed by atoms with van der Waals surface area (Å²) in [5.74, 6) is -2.32. The Balaban J connectivity index is 2.65. The van der Waals surface area contributed by atoms with Gasteiger partial charge in [0.1, 0.15) is 12.7 Å². The first-order valence-electron chi connectivity index (χ1n) is 4.47. The first-order chi connectivity index (χ1) is 7.47. The summed E-state index contributed by atoms with van der Waals surface area (Å²) in [6.07, 6.45) is -2.60. The molecule has 1 heterocycles. The van der Waals surface area contributed by atoms with E-state index >= 15 is 0 Å².